The summed E-state index contributed by atoms with van der Waals surface area (Å²) in [5, 5.41) is 6.35. The number of nitrogens with zero attached hydrogens (tertiary/aromatic N) is 1. The fraction of sp³-hybridized carbons (Fsp3) is 0.636. The summed E-state index contributed by atoms with van der Waals surface area (Å²) < 4.78 is 0. The van der Waals surface area contributed by atoms with Crippen LogP contribution < -0.4 is 10.6 Å². The van der Waals surface area contributed by atoms with Crippen LogP contribution in [0, 0.1) is 11.8 Å². The average Bonchev–Trinajstić information content (AvgIpc) is 2.99. The number of fused-ring (bicyclic) bond motifs is 1. The van der Waals surface area contributed by atoms with Gasteiger partial charge in [0.2, 0.25) is 5.91 Å². The minimum absolute atomic E-state index is 0. The van der Waals surface area contributed by atoms with E-state index in [1.807, 2.05) is 29.2 Å². The zero-order valence-corrected chi connectivity index (χ0v) is 18.1. The first-order valence-electron chi connectivity index (χ1n) is 10.2. The Morgan fingerprint density at radius 2 is 1.64 bits per heavy atom. The number of likely N-dealkylation sites (tertiary alicyclic amines) is 1. The van der Waals surface area contributed by atoms with Crippen LogP contribution in [-0.4, -0.2) is 49.4 Å². The number of halogens is 1. The van der Waals surface area contributed by atoms with Crippen molar-refractivity contribution in [2.45, 2.75) is 45.4 Å². The third-order valence-corrected chi connectivity index (χ3v) is 6.01. The van der Waals surface area contributed by atoms with E-state index in [4.69, 9.17) is 0 Å². The molecule has 6 heteroatoms. The normalized spacial score (nSPS) is 22.0. The number of carbonyl (C=O) groups excluding carboxylic acids is 2. The highest BCUT2D eigenvalue weighted by Crippen LogP contribution is 2.27. The van der Waals surface area contributed by atoms with Crippen LogP contribution in [-0.2, 0) is 10.2 Å². The Bertz CT molecular complexity index is 655. The van der Waals surface area contributed by atoms with Crippen molar-refractivity contribution < 1.29 is 9.59 Å². The number of carbonyl (C=O) groups is 2. The molecule has 0 radical (unpaired) electrons. The van der Waals surface area contributed by atoms with Gasteiger partial charge >= 0.3 is 0 Å². The Balaban J connectivity index is 0.00000280. The first-order chi connectivity index (χ1) is 12.8. The summed E-state index contributed by atoms with van der Waals surface area (Å²) in [5.74, 6) is 1.49. The van der Waals surface area contributed by atoms with E-state index in [2.05, 4.69) is 31.4 Å². The maximum Gasteiger partial charge on any atom is 0.251 e. The molecule has 0 aliphatic carbocycles. The Kier molecular flexibility index (Phi) is 7.90. The number of benzene rings is 1. The molecule has 2 aliphatic rings. The van der Waals surface area contributed by atoms with Crippen molar-refractivity contribution in [3.63, 3.8) is 0 Å². The third kappa shape index (κ3) is 5.71. The van der Waals surface area contributed by atoms with Gasteiger partial charge in [0.05, 0.1) is 0 Å². The molecule has 0 aromatic heterocycles. The highest BCUT2D eigenvalue weighted by molar-refractivity contribution is 5.94. The van der Waals surface area contributed by atoms with Gasteiger partial charge in [-0.15, -0.1) is 12.4 Å². The van der Waals surface area contributed by atoms with E-state index in [0.717, 1.165) is 50.9 Å². The van der Waals surface area contributed by atoms with E-state index in [1.165, 1.54) is 5.56 Å². The molecular formula is C22H34ClN3O2. The number of hydrogen-bond acceptors (Lipinski definition) is 3. The van der Waals surface area contributed by atoms with E-state index < -0.39 is 0 Å². The molecule has 2 aliphatic heterocycles. The second-order valence-electron chi connectivity index (χ2n) is 8.97. The molecule has 0 saturated carbocycles. The van der Waals surface area contributed by atoms with E-state index in [9.17, 15) is 9.59 Å². The predicted molar refractivity (Wildman–Crippen MR) is 115 cm³/mol. The van der Waals surface area contributed by atoms with Crippen LogP contribution >= 0.6 is 12.4 Å². The van der Waals surface area contributed by atoms with Crippen molar-refractivity contribution in [3.05, 3.63) is 35.4 Å². The number of rotatable bonds is 4. The summed E-state index contributed by atoms with van der Waals surface area (Å²) >= 11 is 0. The second-order valence-corrected chi connectivity index (χ2v) is 8.97. The van der Waals surface area contributed by atoms with Crippen molar-refractivity contribution in [1.82, 2.24) is 15.5 Å². The Morgan fingerprint density at radius 1 is 1.07 bits per heavy atom. The minimum Gasteiger partial charge on any atom is -0.352 e. The van der Waals surface area contributed by atoms with Gasteiger partial charge in [-0.2, -0.15) is 0 Å². The molecule has 2 heterocycles. The quantitative estimate of drug-likeness (QED) is 0.806. The van der Waals surface area contributed by atoms with Crippen molar-refractivity contribution in [2.24, 2.45) is 11.8 Å². The number of nitrogens with one attached hydrogen (secondary N) is 2. The summed E-state index contributed by atoms with van der Waals surface area (Å²) in [5.41, 5.74) is 1.92. The van der Waals surface area contributed by atoms with Crippen molar-refractivity contribution in [1.29, 1.82) is 0 Å². The van der Waals surface area contributed by atoms with Crippen LogP contribution in [0.25, 0.3) is 0 Å². The predicted octanol–water partition coefficient (Wildman–Crippen LogP) is 2.98. The van der Waals surface area contributed by atoms with Gasteiger partial charge < -0.3 is 15.5 Å². The SMILES string of the molecule is CC(C)(C)c1ccc(C(=O)NCCC(=O)N2CC[C@@H]3CNC[C@@H]3CC2)cc1.Cl. The van der Waals surface area contributed by atoms with Gasteiger partial charge in [0, 0.05) is 31.6 Å². The van der Waals surface area contributed by atoms with Gasteiger partial charge in [0.15, 0.2) is 0 Å². The smallest absolute Gasteiger partial charge is 0.251 e. The van der Waals surface area contributed by atoms with Crippen LogP contribution in [0.3, 0.4) is 0 Å². The first-order valence-corrected chi connectivity index (χ1v) is 10.2. The summed E-state index contributed by atoms with van der Waals surface area (Å²) in [4.78, 5) is 26.8. The lowest BCUT2D eigenvalue weighted by Crippen LogP contribution is -2.35. The Labute approximate surface area is 175 Å². The van der Waals surface area contributed by atoms with Gasteiger partial charge in [-0.3, -0.25) is 9.59 Å². The van der Waals surface area contributed by atoms with Gasteiger partial charge in [-0.1, -0.05) is 32.9 Å². The van der Waals surface area contributed by atoms with E-state index in [0.29, 0.717) is 18.5 Å². The molecule has 2 fully saturated rings. The number of amides is 2. The van der Waals surface area contributed by atoms with Crippen LogP contribution in [0.5, 0.6) is 0 Å². The summed E-state index contributed by atoms with van der Waals surface area (Å²) in [7, 11) is 0. The molecule has 156 valence electrons. The highest BCUT2D eigenvalue weighted by Gasteiger charge is 2.31. The Hall–Kier alpha value is -1.59. The van der Waals surface area contributed by atoms with Crippen LogP contribution in [0.2, 0.25) is 0 Å². The molecule has 3 rings (SSSR count). The zero-order chi connectivity index (χ0) is 19.4. The van der Waals surface area contributed by atoms with Gasteiger partial charge in [0.25, 0.3) is 5.91 Å². The molecule has 2 N–H and O–H groups in total. The standard InChI is InChI=1S/C22H33N3O2.ClH/c1-22(2,3)19-6-4-16(5-7-19)21(27)24-11-8-20(26)25-12-9-17-14-23-15-18(17)10-13-25;/h4-7,17-18,23H,8-15H2,1-3H3,(H,24,27);1H/t17-,18+;. The second kappa shape index (κ2) is 9.75. The lowest BCUT2D eigenvalue weighted by molar-refractivity contribution is -0.131. The molecule has 0 unspecified atom stereocenters. The molecule has 1 aromatic rings. The van der Waals surface area contributed by atoms with Gasteiger partial charge in [-0.05, 0) is 60.9 Å². The number of hydrogen-bond donors (Lipinski definition) is 2. The zero-order valence-electron chi connectivity index (χ0n) is 17.3. The molecular weight excluding hydrogens is 374 g/mol. The van der Waals surface area contributed by atoms with E-state index >= 15 is 0 Å². The fourth-order valence-corrected chi connectivity index (χ4v) is 4.13. The maximum atomic E-state index is 12.5. The monoisotopic (exact) mass is 407 g/mol. The highest BCUT2D eigenvalue weighted by atomic mass is 35.5. The van der Waals surface area contributed by atoms with Gasteiger partial charge in [0.1, 0.15) is 0 Å². The lowest BCUT2D eigenvalue weighted by Gasteiger charge is -2.21. The molecule has 2 saturated heterocycles. The fourth-order valence-electron chi connectivity index (χ4n) is 4.13. The van der Waals surface area contributed by atoms with Crippen molar-refractivity contribution >= 4 is 24.2 Å². The third-order valence-electron chi connectivity index (χ3n) is 6.01. The molecule has 5 nitrogen and oxygen atoms in total. The van der Waals surface area contributed by atoms with E-state index in [-0.39, 0.29) is 29.6 Å². The van der Waals surface area contributed by atoms with Gasteiger partial charge in [-0.25, -0.2) is 0 Å². The van der Waals surface area contributed by atoms with Crippen LogP contribution in [0.4, 0.5) is 0 Å². The molecule has 28 heavy (non-hydrogen) atoms. The summed E-state index contributed by atoms with van der Waals surface area (Å²) in [6.07, 6.45) is 2.56. The van der Waals surface area contributed by atoms with Crippen LogP contribution in [0.1, 0.15) is 56.0 Å². The van der Waals surface area contributed by atoms with Crippen LogP contribution in [0.15, 0.2) is 24.3 Å². The largest absolute Gasteiger partial charge is 0.352 e. The molecule has 1 aromatic carbocycles. The van der Waals surface area contributed by atoms with Crippen molar-refractivity contribution in [3.8, 4) is 0 Å². The molecule has 2 atom stereocenters. The van der Waals surface area contributed by atoms with E-state index in [1.54, 1.807) is 0 Å². The first kappa shape index (κ1) is 22.7. The molecule has 0 spiro atoms. The average molecular weight is 408 g/mol. The summed E-state index contributed by atoms with van der Waals surface area (Å²) in [6.45, 7) is 10.7. The van der Waals surface area contributed by atoms with Crippen molar-refractivity contribution in [2.75, 3.05) is 32.7 Å². The Morgan fingerprint density at radius 3 is 2.18 bits per heavy atom. The summed E-state index contributed by atoms with van der Waals surface area (Å²) in [6, 6.07) is 7.73. The lowest BCUT2D eigenvalue weighted by atomic mass is 9.87. The minimum atomic E-state index is -0.111. The topological polar surface area (TPSA) is 61.4 Å². The molecule has 0 bridgehead atoms. The maximum absolute atomic E-state index is 12.5. The molecule has 2 amide bonds.